The zero-order valence-corrected chi connectivity index (χ0v) is 9.88. The molecule has 0 aliphatic heterocycles. The van der Waals surface area contributed by atoms with Crippen LogP contribution in [-0.4, -0.2) is 29.7 Å². The molecule has 0 radical (unpaired) electrons. The van der Waals surface area contributed by atoms with Crippen molar-refractivity contribution >= 4 is 5.91 Å². The Bertz CT molecular complexity index is 179. The van der Waals surface area contributed by atoms with Crippen LogP contribution in [0.25, 0.3) is 0 Å². The lowest BCUT2D eigenvalue weighted by atomic mass is 9.93. The molecule has 0 saturated carbocycles. The first kappa shape index (κ1) is 14.4. The molecule has 4 heteroatoms. The van der Waals surface area contributed by atoms with E-state index < -0.39 is 5.54 Å². The highest BCUT2D eigenvalue weighted by molar-refractivity contribution is 5.85. The first-order valence-corrected chi connectivity index (χ1v) is 5.78. The van der Waals surface area contributed by atoms with Gasteiger partial charge in [0, 0.05) is 13.2 Å². The van der Waals surface area contributed by atoms with E-state index in [1.807, 2.05) is 13.8 Å². The summed E-state index contributed by atoms with van der Waals surface area (Å²) in [7, 11) is 0. The number of aliphatic hydroxyl groups is 1. The maximum absolute atomic E-state index is 11.7. The molecule has 4 N–H and O–H groups in total. The average molecular weight is 216 g/mol. The number of amides is 1. The van der Waals surface area contributed by atoms with Crippen LogP contribution in [0.15, 0.2) is 0 Å². The summed E-state index contributed by atoms with van der Waals surface area (Å²) < 4.78 is 0. The number of hydrogen-bond donors (Lipinski definition) is 3. The molecule has 90 valence electrons. The summed E-state index contributed by atoms with van der Waals surface area (Å²) in [4.78, 5) is 11.7. The zero-order valence-electron chi connectivity index (χ0n) is 9.88. The first-order valence-electron chi connectivity index (χ1n) is 5.78. The van der Waals surface area contributed by atoms with Gasteiger partial charge in [-0.25, -0.2) is 0 Å². The number of nitrogens with one attached hydrogen (secondary N) is 1. The second-order valence-electron chi connectivity index (χ2n) is 3.90. The van der Waals surface area contributed by atoms with Crippen molar-refractivity contribution in [2.24, 2.45) is 5.73 Å². The van der Waals surface area contributed by atoms with Crippen molar-refractivity contribution in [3.05, 3.63) is 0 Å². The van der Waals surface area contributed by atoms with E-state index in [0.717, 1.165) is 19.3 Å². The molecule has 0 aromatic heterocycles. The summed E-state index contributed by atoms with van der Waals surface area (Å²) in [6, 6.07) is 0. The first-order chi connectivity index (χ1) is 7.10. The molecule has 15 heavy (non-hydrogen) atoms. The van der Waals surface area contributed by atoms with Crippen molar-refractivity contribution < 1.29 is 9.90 Å². The van der Waals surface area contributed by atoms with Crippen molar-refractivity contribution in [2.45, 2.75) is 51.5 Å². The Labute approximate surface area is 92.2 Å². The van der Waals surface area contributed by atoms with Gasteiger partial charge in [0.05, 0.1) is 5.54 Å². The summed E-state index contributed by atoms with van der Waals surface area (Å²) in [5.74, 6) is -0.0588. The van der Waals surface area contributed by atoms with E-state index >= 15 is 0 Å². The van der Waals surface area contributed by atoms with Crippen molar-refractivity contribution in [3.63, 3.8) is 0 Å². The highest BCUT2D eigenvalue weighted by Gasteiger charge is 2.29. The molecule has 0 atom stereocenters. The molecule has 0 aliphatic rings. The Morgan fingerprint density at radius 2 is 1.87 bits per heavy atom. The van der Waals surface area contributed by atoms with Gasteiger partial charge in [0.1, 0.15) is 0 Å². The van der Waals surface area contributed by atoms with Crippen LogP contribution in [0.2, 0.25) is 0 Å². The van der Waals surface area contributed by atoms with Crippen LogP contribution in [0, 0.1) is 0 Å². The largest absolute Gasteiger partial charge is 0.396 e. The molecule has 0 spiro atoms. The number of carbonyl (C=O) groups excluding carboxylic acids is 1. The van der Waals surface area contributed by atoms with Gasteiger partial charge in [-0.1, -0.05) is 13.8 Å². The molecule has 0 saturated heterocycles. The fraction of sp³-hybridized carbons (Fsp3) is 0.909. The van der Waals surface area contributed by atoms with Crippen LogP contribution < -0.4 is 11.1 Å². The molecule has 0 aromatic rings. The SMILES string of the molecule is CCC(N)(CC)C(=O)NCCCCCO. The minimum absolute atomic E-state index is 0.0588. The highest BCUT2D eigenvalue weighted by Crippen LogP contribution is 2.10. The Morgan fingerprint density at radius 3 is 2.33 bits per heavy atom. The monoisotopic (exact) mass is 216 g/mol. The van der Waals surface area contributed by atoms with Crippen molar-refractivity contribution in [3.8, 4) is 0 Å². The lowest BCUT2D eigenvalue weighted by molar-refractivity contribution is -0.126. The Balaban J connectivity index is 3.73. The zero-order chi connectivity index (χ0) is 11.7. The predicted octanol–water partition coefficient (Wildman–Crippen LogP) is 0.783. The van der Waals surface area contributed by atoms with E-state index in [1.54, 1.807) is 0 Å². The van der Waals surface area contributed by atoms with Crippen LogP contribution >= 0.6 is 0 Å². The summed E-state index contributed by atoms with van der Waals surface area (Å²) in [5, 5.41) is 11.4. The third kappa shape index (κ3) is 5.14. The molecule has 0 heterocycles. The smallest absolute Gasteiger partial charge is 0.240 e. The normalized spacial score (nSPS) is 11.5. The van der Waals surface area contributed by atoms with E-state index in [0.29, 0.717) is 19.4 Å². The summed E-state index contributed by atoms with van der Waals surface area (Å²) in [5.41, 5.74) is 5.22. The fourth-order valence-corrected chi connectivity index (χ4v) is 1.36. The lowest BCUT2D eigenvalue weighted by Gasteiger charge is -2.25. The Morgan fingerprint density at radius 1 is 1.27 bits per heavy atom. The van der Waals surface area contributed by atoms with Crippen molar-refractivity contribution in [2.75, 3.05) is 13.2 Å². The van der Waals surface area contributed by atoms with Gasteiger partial charge in [-0.15, -0.1) is 0 Å². The average Bonchev–Trinajstić information content (AvgIpc) is 2.27. The van der Waals surface area contributed by atoms with E-state index in [4.69, 9.17) is 10.8 Å². The van der Waals surface area contributed by atoms with Gasteiger partial charge in [0.25, 0.3) is 0 Å². The standard InChI is InChI=1S/C11H24N2O2/c1-3-11(12,4-2)10(15)13-8-6-5-7-9-14/h14H,3-9,12H2,1-2H3,(H,13,15). The number of unbranched alkanes of at least 4 members (excludes halogenated alkanes) is 2. The van der Waals surface area contributed by atoms with Gasteiger partial charge in [0.2, 0.25) is 5.91 Å². The summed E-state index contributed by atoms with van der Waals surface area (Å²) in [6.45, 7) is 4.72. The number of hydrogen-bond acceptors (Lipinski definition) is 3. The van der Waals surface area contributed by atoms with Crippen LogP contribution in [-0.2, 0) is 4.79 Å². The van der Waals surface area contributed by atoms with Gasteiger partial charge in [0.15, 0.2) is 0 Å². The van der Waals surface area contributed by atoms with Gasteiger partial charge in [-0.3, -0.25) is 4.79 Å². The molecule has 0 unspecified atom stereocenters. The molecule has 1 amide bonds. The van der Waals surface area contributed by atoms with E-state index in [-0.39, 0.29) is 12.5 Å². The Kier molecular flexibility index (Phi) is 7.34. The second kappa shape index (κ2) is 7.65. The van der Waals surface area contributed by atoms with Crippen LogP contribution in [0.1, 0.15) is 46.0 Å². The summed E-state index contributed by atoms with van der Waals surface area (Å²) in [6.07, 6.45) is 3.95. The third-order valence-electron chi connectivity index (χ3n) is 2.83. The van der Waals surface area contributed by atoms with Crippen molar-refractivity contribution in [1.29, 1.82) is 0 Å². The molecule has 0 aromatic carbocycles. The maximum atomic E-state index is 11.7. The maximum Gasteiger partial charge on any atom is 0.240 e. The quantitative estimate of drug-likeness (QED) is 0.525. The third-order valence-corrected chi connectivity index (χ3v) is 2.83. The Hall–Kier alpha value is -0.610. The predicted molar refractivity (Wildman–Crippen MR) is 61.4 cm³/mol. The topological polar surface area (TPSA) is 75.4 Å². The second-order valence-corrected chi connectivity index (χ2v) is 3.90. The van der Waals surface area contributed by atoms with E-state index in [9.17, 15) is 4.79 Å². The van der Waals surface area contributed by atoms with E-state index in [1.165, 1.54) is 0 Å². The number of nitrogens with two attached hydrogens (primary N) is 1. The number of rotatable bonds is 8. The lowest BCUT2D eigenvalue weighted by Crippen LogP contribution is -2.53. The fourth-order valence-electron chi connectivity index (χ4n) is 1.36. The van der Waals surface area contributed by atoms with Gasteiger partial charge >= 0.3 is 0 Å². The van der Waals surface area contributed by atoms with Crippen LogP contribution in [0.4, 0.5) is 0 Å². The molecule has 4 nitrogen and oxygen atoms in total. The molecule has 0 rings (SSSR count). The number of aliphatic hydroxyl groups excluding tert-OH is 1. The van der Waals surface area contributed by atoms with Gasteiger partial charge in [-0.05, 0) is 32.1 Å². The molecule has 0 aliphatic carbocycles. The molecule has 0 bridgehead atoms. The van der Waals surface area contributed by atoms with Gasteiger partial charge in [-0.2, -0.15) is 0 Å². The highest BCUT2D eigenvalue weighted by atomic mass is 16.2. The molecule has 0 fully saturated rings. The van der Waals surface area contributed by atoms with Crippen molar-refractivity contribution in [1.82, 2.24) is 5.32 Å². The van der Waals surface area contributed by atoms with E-state index in [2.05, 4.69) is 5.32 Å². The molecular formula is C11H24N2O2. The van der Waals surface area contributed by atoms with Gasteiger partial charge < -0.3 is 16.2 Å². The molecular weight excluding hydrogens is 192 g/mol. The minimum Gasteiger partial charge on any atom is -0.396 e. The van der Waals surface area contributed by atoms with Crippen LogP contribution in [0.3, 0.4) is 0 Å². The summed E-state index contributed by atoms with van der Waals surface area (Å²) >= 11 is 0. The van der Waals surface area contributed by atoms with Crippen LogP contribution in [0.5, 0.6) is 0 Å². The number of carbonyl (C=O) groups is 1. The minimum atomic E-state index is -0.711.